The Morgan fingerprint density at radius 1 is 1.31 bits per heavy atom. The first kappa shape index (κ1) is 11.7. The molecule has 2 nitrogen and oxygen atoms in total. The van der Waals surface area contributed by atoms with E-state index >= 15 is 0 Å². The second-order valence-corrected chi connectivity index (χ2v) is 5.37. The summed E-state index contributed by atoms with van der Waals surface area (Å²) in [5, 5.41) is 3.68. The second-order valence-electron chi connectivity index (χ2n) is 5.37. The van der Waals surface area contributed by atoms with E-state index in [4.69, 9.17) is 4.42 Å². The summed E-state index contributed by atoms with van der Waals surface area (Å²) in [6, 6.07) is 5.00. The Morgan fingerprint density at radius 3 is 2.75 bits per heavy atom. The largest absolute Gasteiger partial charge is 0.468 e. The monoisotopic (exact) mass is 221 g/mol. The zero-order chi connectivity index (χ0) is 11.5. The molecule has 0 amide bonds. The van der Waals surface area contributed by atoms with Crippen molar-refractivity contribution in [3.8, 4) is 0 Å². The summed E-state index contributed by atoms with van der Waals surface area (Å²) >= 11 is 0. The maximum absolute atomic E-state index is 5.42. The average Bonchev–Trinajstić information content (AvgIpc) is 2.77. The highest BCUT2D eigenvalue weighted by molar-refractivity contribution is 5.03. The van der Waals surface area contributed by atoms with Crippen molar-refractivity contribution >= 4 is 0 Å². The van der Waals surface area contributed by atoms with Crippen LogP contribution in [-0.2, 0) is 0 Å². The molecule has 1 aromatic rings. The van der Waals surface area contributed by atoms with Crippen molar-refractivity contribution in [2.24, 2.45) is 11.8 Å². The molecular formula is C14H23NO. The fourth-order valence-corrected chi connectivity index (χ4v) is 2.67. The Morgan fingerprint density at radius 2 is 2.12 bits per heavy atom. The summed E-state index contributed by atoms with van der Waals surface area (Å²) < 4.78 is 5.42. The molecule has 4 atom stereocenters. The Balaban J connectivity index is 1.86. The summed E-state index contributed by atoms with van der Waals surface area (Å²) in [6.45, 7) is 6.93. The van der Waals surface area contributed by atoms with E-state index in [9.17, 15) is 0 Å². The lowest BCUT2D eigenvalue weighted by atomic mass is 9.79. The van der Waals surface area contributed by atoms with Crippen LogP contribution < -0.4 is 5.32 Å². The molecule has 90 valence electrons. The molecule has 0 saturated heterocycles. The Bertz CT molecular complexity index is 307. The lowest BCUT2D eigenvalue weighted by molar-refractivity contribution is 0.213. The van der Waals surface area contributed by atoms with E-state index in [-0.39, 0.29) is 0 Å². The van der Waals surface area contributed by atoms with Crippen molar-refractivity contribution in [3.05, 3.63) is 24.2 Å². The van der Waals surface area contributed by atoms with E-state index in [1.54, 1.807) is 6.26 Å². The minimum absolute atomic E-state index is 0.334. The van der Waals surface area contributed by atoms with Crippen LogP contribution in [0.1, 0.15) is 51.8 Å². The summed E-state index contributed by atoms with van der Waals surface area (Å²) in [5.74, 6) is 2.78. The first-order chi connectivity index (χ1) is 7.66. The fourth-order valence-electron chi connectivity index (χ4n) is 2.67. The highest BCUT2D eigenvalue weighted by atomic mass is 16.3. The smallest absolute Gasteiger partial charge is 0.120 e. The molecule has 1 heterocycles. The summed E-state index contributed by atoms with van der Waals surface area (Å²) in [7, 11) is 0. The van der Waals surface area contributed by atoms with Gasteiger partial charge < -0.3 is 9.73 Å². The molecular weight excluding hydrogens is 198 g/mol. The van der Waals surface area contributed by atoms with Crippen LogP contribution in [-0.4, -0.2) is 6.04 Å². The standard InChI is InChI=1S/C14H23NO/c1-10-6-7-13(9-11(10)2)15-12(3)14-5-4-8-16-14/h4-5,8,10-13,15H,6-7,9H2,1-3H3. The molecule has 0 spiro atoms. The number of rotatable bonds is 3. The molecule has 1 fully saturated rings. The van der Waals surface area contributed by atoms with Crippen molar-refractivity contribution in [2.75, 3.05) is 0 Å². The SMILES string of the molecule is CC(NC1CCC(C)C(C)C1)c1ccco1. The molecule has 2 rings (SSSR count). The van der Waals surface area contributed by atoms with E-state index < -0.39 is 0 Å². The first-order valence-corrected chi connectivity index (χ1v) is 6.46. The van der Waals surface area contributed by atoms with Gasteiger partial charge in [0.25, 0.3) is 0 Å². The molecule has 0 radical (unpaired) electrons. The van der Waals surface area contributed by atoms with Crippen LogP contribution in [0.25, 0.3) is 0 Å². The maximum atomic E-state index is 5.42. The predicted octanol–water partition coefficient (Wildman–Crippen LogP) is 3.75. The van der Waals surface area contributed by atoms with Crippen LogP contribution in [0.3, 0.4) is 0 Å². The summed E-state index contributed by atoms with van der Waals surface area (Å²) in [5.41, 5.74) is 0. The van der Waals surface area contributed by atoms with Crippen LogP contribution in [0.4, 0.5) is 0 Å². The number of furan rings is 1. The van der Waals surface area contributed by atoms with Gasteiger partial charge in [-0.3, -0.25) is 0 Å². The van der Waals surface area contributed by atoms with Crippen LogP contribution in [0, 0.1) is 11.8 Å². The molecule has 16 heavy (non-hydrogen) atoms. The van der Waals surface area contributed by atoms with E-state index in [0.29, 0.717) is 12.1 Å². The van der Waals surface area contributed by atoms with Gasteiger partial charge in [-0.05, 0) is 50.2 Å². The molecule has 0 bridgehead atoms. The van der Waals surface area contributed by atoms with E-state index in [2.05, 4.69) is 26.1 Å². The summed E-state index contributed by atoms with van der Waals surface area (Å²) in [6.07, 6.45) is 5.70. The second kappa shape index (κ2) is 5.05. The maximum Gasteiger partial charge on any atom is 0.120 e. The molecule has 1 saturated carbocycles. The van der Waals surface area contributed by atoms with E-state index in [1.807, 2.05) is 12.1 Å². The topological polar surface area (TPSA) is 25.2 Å². The Labute approximate surface area is 98.4 Å². The third kappa shape index (κ3) is 2.67. The highest BCUT2D eigenvalue weighted by Gasteiger charge is 2.25. The van der Waals surface area contributed by atoms with Crippen LogP contribution >= 0.6 is 0 Å². The van der Waals surface area contributed by atoms with Gasteiger partial charge in [-0.25, -0.2) is 0 Å². The molecule has 4 unspecified atom stereocenters. The molecule has 1 N–H and O–H groups in total. The van der Waals surface area contributed by atoms with Crippen molar-refractivity contribution in [2.45, 2.75) is 52.1 Å². The van der Waals surface area contributed by atoms with Crippen molar-refractivity contribution in [3.63, 3.8) is 0 Å². The van der Waals surface area contributed by atoms with Gasteiger partial charge in [-0.2, -0.15) is 0 Å². The van der Waals surface area contributed by atoms with Crippen LogP contribution in [0.15, 0.2) is 22.8 Å². The molecule has 2 heteroatoms. The zero-order valence-electron chi connectivity index (χ0n) is 10.6. The van der Waals surface area contributed by atoms with Gasteiger partial charge in [0, 0.05) is 6.04 Å². The summed E-state index contributed by atoms with van der Waals surface area (Å²) in [4.78, 5) is 0. The Hall–Kier alpha value is -0.760. The lowest BCUT2D eigenvalue weighted by Gasteiger charge is -2.34. The van der Waals surface area contributed by atoms with Gasteiger partial charge >= 0.3 is 0 Å². The molecule has 0 aromatic carbocycles. The molecule has 1 aromatic heterocycles. The van der Waals surface area contributed by atoms with Gasteiger partial charge in [0.05, 0.1) is 12.3 Å². The van der Waals surface area contributed by atoms with Gasteiger partial charge in [0.1, 0.15) is 5.76 Å². The van der Waals surface area contributed by atoms with Gasteiger partial charge in [0.2, 0.25) is 0 Å². The van der Waals surface area contributed by atoms with Crippen LogP contribution in [0.5, 0.6) is 0 Å². The number of hydrogen-bond acceptors (Lipinski definition) is 2. The third-order valence-corrected chi connectivity index (χ3v) is 4.05. The van der Waals surface area contributed by atoms with E-state index in [0.717, 1.165) is 17.6 Å². The van der Waals surface area contributed by atoms with Crippen molar-refractivity contribution < 1.29 is 4.42 Å². The van der Waals surface area contributed by atoms with E-state index in [1.165, 1.54) is 19.3 Å². The quantitative estimate of drug-likeness (QED) is 0.840. The minimum Gasteiger partial charge on any atom is -0.468 e. The molecule has 1 aliphatic rings. The van der Waals surface area contributed by atoms with Crippen LogP contribution in [0.2, 0.25) is 0 Å². The number of hydrogen-bond donors (Lipinski definition) is 1. The normalized spacial score (nSPS) is 32.6. The van der Waals surface area contributed by atoms with Gasteiger partial charge in [-0.15, -0.1) is 0 Å². The average molecular weight is 221 g/mol. The van der Waals surface area contributed by atoms with Gasteiger partial charge in [-0.1, -0.05) is 13.8 Å². The minimum atomic E-state index is 0.334. The Kier molecular flexibility index (Phi) is 3.70. The van der Waals surface area contributed by atoms with Crippen molar-refractivity contribution in [1.29, 1.82) is 0 Å². The predicted molar refractivity (Wildman–Crippen MR) is 66.2 cm³/mol. The zero-order valence-corrected chi connectivity index (χ0v) is 10.6. The lowest BCUT2D eigenvalue weighted by Crippen LogP contribution is -2.37. The fraction of sp³-hybridized carbons (Fsp3) is 0.714. The highest BCUT2D eigenvalue weighted by Crippen LogP contribution is 2.30. The third-order valence-electron chi connectivity index (χ3n) is 4.05. The molecule has 0 aliphatic heterocycles. The first-order valence-electron chi connectivity index (χ1n) is 6.46. The van der Waals surface area contributed by atoms with Gasteiger partial charge in [0.15, 0.2) is 0 Å². The molecule has 1 aliphatic carbocycles. The number of nitrogens with one attached hydrogen (secondary N) is 1. The van der Waals surface area contributed by atoms with Crippen molar-refractivity contribution in [1.82, 2.24) is 5.32 Å².